The van der Waals surface area contributed by atoms with Crippen LogP contribution in [0.4, 0.5) is 0 Å². The van der Waals surface area contributed by atoms with Crippen molar-refractivity contribution >= 4 is 5.97 Å². The molecule has 2 saturated heterocycles. The van der Waals surface area contributed by atoms with Gasteiger partial charge in [0.15, 0.2) is 0 Å². The van der Waals surface area contributed by atoms with Gasteiger partial charge < -0.3 is 10.1 Å². The molecule has 86 valence electrons. The SMILES string of the molecule is CCOC(=O)CC1CC2CCCC(C1)N2. The van der Waals surface area contributed by atoms with Crippen molar-refractivity contribution in [2.75, 3.05) is 6.61 Å². The summed E-state index contributed by atoms with van der Waals surface area (Å²) in [7, 11) is 0. The number of hydrogen-bond acceptors (Lipinski definition) is 3. The molecule has 0 amide bonds. The van der Waals surface area contributed by atoms with E-state index in [1.54, 1.807) is 0 Å². The molecule has 3 heteroatoms. The Hall–Kier alpha value is -0.570. The van der Waals surface area contributed by atoms with E-state index in [0.29, 0.717) is 31.0 Å². The predicted molar refractivity (Wildman–Crippen MR) is 58.5 cm³/mol. The Labute approximate surface area is 91.6 Å². The average Bonchev–Trinajstić information content (AvgIpc) is 2.17. The van der Waals surface area contributed by atoms with Gasteiger partial charge in [-0.25, -0.2) is 0 Å². The molecule has 2 atom stereocenters. The quantitative estimate of drug-likeness (QED) is 0.724. The van der Waals surface area contributed by atoms with Gasteiger partial charge in [0.1, 0.15) is 0 Å². The van der Waals surface area contributed by atoms with Crippen LogP contribution in [-0.4, -0.2) is 24.7 Å². The molecule has 2 aliphatic rings. The number of hydrogen-bond donors (Lipinski definition) is 1. The molecule has 2 heterocycles. The maximum Gasteiger partial charge on any atom is 0.306 e. The van der Waals surface area contributed by atoms with Gasteiger partial charge in [-0.2, -0.15) is 0 Å². The summed E-state index contributed by atoms with van der Waals surface area (Å²) in [5.74, 6) is 0.545. The van der Waals surface area contributed by atoms with Gasteiger partial charge in [-0.15, -0.1) is 0 Å². The third kappa shape index (κ3) is 2.94. The van der Waals surface area contributed by atoms with Crippen molar-refractivity contribution in [1.82, 2.24) is 5.32 Å². The van der Waals surface area contributed by atoms with Gasteiger partial charge in [-0.05, 0) is 38.5 Å². The zero-order valence-electron chi connectivity index (χ0n) is 9.50. The molecule has 0 spiro atoms. The Morgan fingerprint density at radius 1 is 1.33 bits per heavy atom. The summed E-state index contributed by atoms with van der Waals surface area (Å²) in [5.41, 5.74) is 0. The van der Waals surface area contributed by atoms with Crippen LogP contribution in [0.15, 0.2) is 0 Å². The van der Waals surface area contributed by atoms with Crippen LogP contribution in [0.1, 0.15) is 45.4 Å². The number of ether oxygens (including phenoxy) is 1. The molecule has 2 fully saturated rings. The molecular weight excluding hydrogens is 190 g/mol. The highest BCUT2D eigenvalue weighted by atomic mass is 16.5. The standard InChI is InChI=1S/C12H21NO2/c1-2-15-12(14)8-9-6-10-4-3-5-11(7-9)13-10/h9-11,13H,2-8H2,1H3. The van der Waals surface area contributed by atoms with Crippen LogP contribution in [-0.2, 0) is 9.53 Å². The smallest absolute Gasteiger partial charge is 0.306 e. The van der Waals surface area contributed by atoms with E-state index in [1.165, 1.54) is 19.3 Å². The summed E-state index contributed by atoms with van der Waals surface area (Å²) >= 11 is 0. The first kappa shape index (κ1) is 10.9. The lowest BCUT2D eigenvalue weighted by Crippen LogP contribution is -2.48. The predicted octanol–water partition coefficient (Wildman–Crippen LogP) is 1.86. The number of piperidine rings is 2. The summed E-state index contributed by atoms with van der Waals surface area (Å²) in [5, 5.41) is 3.64. The number of carbonyl (C=O) groups is 1. The minimum atomic E-state index is -0.0116. The van der Waals surface area contributed by atoms with Crippen LogP contribution in [0.5, 0.6) is 0 Å². The van der Waals surface area contributed by atoms with E-state index in [1.807, 2.05) is 6.92 Å². The second-order valence-corrected chi connectivity index (χ2v) is 4.84. The molecule has 0 radical (unpaired) electrons. The van der Waals surface area contributed by atoms with Gasteiger partial charge in [0, 0.05) is 18.5 Å². The second-order valence-electron chi connectivity index (χ2n) is 4.84. The molecule has 0 aliphatic carbocycles. The molecule has 0 saturated carbocycles. The Balaban J connectivity index is 1.81. The maximum absolute atomic E-state index is 11.4. The van der Waals surface area contributed by atoms with Crippen molar-refractivity contribution in [2.24, 2.45) is 5.92 Å². The molecule has 0 aromatic heterocycles. The van der Waals surface area contributed by atoms with Gasteiger partial charge >= 0.3 is 5.97 Å². The minimum Gasteiger partial charge on any atom is -0.466 e. The fourth-order valence-corrected chi connectivity index (χ4v) is 3.01. The largest absolute Gasteiger partial charge is 0.466 e. The van der Waals surface area contributed by atoms with Crippen molar-refractivity contribution in [3.05, 3.63) is 0 Å². The molecule has 1 N–H and O–H groups in total. The maximum atomic E-state index is 11.4. The van der Waals surface area contributed by atoms with Gasteiger partial charge in [0.25, 0.3) is 0 Å². The fourth-order valence-electron chi connectivity index (χ4n) is 3.01. The van der Waals surface area contributed by atoms with Crippen LogP contribution in [0.2, 0.25) is 0 Å². The lowest BCUT2D eigenvalue weighted by atomic mass is 9.79. The van der Waals surface area contributed by atoms with Gasteiger partial charge in [-0.1, -0.05) is 6.42 Å². The topological polar surface area (TPSA) is 38.3 Å². The van der Waals surface area contributed by atoms with E-state index >= 15 is 0 Å². The van der Waals surface area contributed by atoms with E-state index in [9.17, 15) is 4.79 Å². The lowest BCUT2D eigenvalue weighted by Gasteiger charge is -2.40. The van der Waals surface area contributed by atoms with Crippen molar-refractivity contribution in [2.45, 2.75) is 57.5 Å². The number of esters is 1. The van der Waals surface area contributed by atoms with E-state index in [0.717, 1.165) is 12.8 Å². The molecular formula is C12H21NO2. The molecule has 2 bridgehead atoms. The monoisotopic (exact) mass is 211 g/mol. The first-order valence-electron chi connectivity index (χ1n) is 6.19. The third-order valence-electron chi connectivity index (χ3n) is 3.57. The Bertz CT molecular complexity index is 218. The van der Waals surface area contributed by atoms with Crippen molar-refractivity contribution in [3.8, 4) is 0 Å². The zero-order valence-corrected chi connectivity index (χ0v) is 9.50. The Morgan fingerprint density at radius 3 is 2.60 bits per heavy atom. The number of rotatable bonds is 3. The fraction of sp³-hybridized carbons (Fsp3) is 0.917. The van der Waals surface area contributed by atoms with E-state index in [4.69, 9.17) is 4.74 Å². The normalized spacial score (nSPS) is 34.9. The minimum absolute atomic E-state index is 0.0116. The second kappa shape index (κ2) is 4.97. The van der Waals surface area contributed by atoms with Crippen LogP contribution in [0.25, 0.3) is 0 Å². The average molecular weight is 211 g/mol. The summed E-state index contributed by atoms with van der Waals surface area (Å²) in [6, 6.07) is 1.33. The lowest BCUT2D eigenvalue weighted by molar-refractivity contribution is -0.144. The summed E-state index contributed by atoms with van der Waals surface area (Å²) < 4.78 is 5.01. The van der Waals surface area contributed by atoms with Crippen molar-refractivity contribution in [3.63, 3.8) is 0 Å². The first-order chi connectivity index (χ1) is 7.28. The molecule has 0 aromatic carbocycles. The summed E-state index contributed by atoms with van der Waals surface area (Å²) in [6.45, 7) is 2.38. The molecule has 3 nitrogen and oxygen atoms in total. The number of fused-ring (bicyclic) bond motifs is 2. The van der Waals surface area contributed by atoms with Gasteiger partial charge in [0.05, 0.1) is 6.61 Å². The molecule has 0 aromatic rings. The van der Waals surface area contributed by atoms with Crippen LogP contribution in [0.3, 0.4) is 0 Å². The highest BCUT2D eigenvalue weighted by Crippen LogP contribution is 2.31. The number of nitrogens with one attached hydrogen (secondary N) is 1. The van der Waals surface area contributed by atoms with Crippen molar-refractivity contribution in [1.29, 1.82) is 0 Å². The highest BCUT2D eigenvalue weighted by molar-refractivity contribution is 5.69. The molecule has 2 unspecified atom stereocenters. The van der Waals surface area contributed by atoms with Crippen LogP contribution in [0, 0.1) is 5.92 Å². The summed E-state index contributed by atoms with van der Waals surface area (Å²) in [6.07, 6.45) is 6.88. The van der Waals surface area contributed by atoms with E-state index in [2.05, 4.69) is 5.32 Å². The molecule has 2 aliphatic heterocycles. The third-order valence-corrected chi connectivity index (χ3v) is 3.57. The Morgan fingerprint density at radius 2 is 2.00 bits per heavy atom. The molecule has 2 rings (SSSR count). The van der Waals surface area contributed by atoms with Crippen LogP contribution < -0.4 is 5.32 Å². The van der Waals surface area contributed by atoms with Gasteiger partial charge in [0.2, 0.25) is 0 Å². The zero-order chi connectivity index (χ0) is 10.7. The first-order valence-corrected chi connectivity index (χ1v) is 6.19. The Kier molecular flexibility index (Phi) is 3.62. The van der Waals surface area contributed by atoms with Crippen molar-refractivity contribution < 1.29 is 9.53 Å². The van der Waals surface area contributed by atoms with Gasteiger partial charge in [-0.3, -0.25) is 4.79 Å². The van der Waals surface area contributed by atoms with Crippen LogP contribution >= 0.6 is 0 Å². The van der Waals surface area contributed by atoms with E-state index in [-0.39, 0.29) is 5.97 Å². The molecule has 15 heavy (non-hydrogen) atoms. The van der Waals surface area contributed by atoms with E-state index < -0.39 is 0 Å². The summed E-state index contributed by atoms with van der Waals surface area (Å²) in [4.78, 5) is 11.4. The highest BCUT2D eigenvalue weighted by Gasteiger charge is 2.32. The number of carbonyl (C=O) groups excluding carboxylic acids is 1.